The second-order valence-electron chi connectivity index (χ2n) is 8.18. The molecule has 0 bridgehead atoms. The van der Waals surface area contributed by atoms with Crippen molar-refractivity contribution in [3.8, 4) is 0 Å². The zero-order valence-corrected chi connectivity index (χ0v) is 16.4. The molecule has 0 radical (unpaired) electrons. The Bertz CT molecular complexity index is 1020. The van der Waals surface area contributed by atoms with E-state index in [1.165, 1.54) is 0 Å². The first-order valence-corrected chi connectivity index (χ1v) is 10.4. The molecule has 1 unspecified atom stereocenters. The zero-order valence-electron chi connectivity index (χ0n) is 16.4. The maximum Gasteiger partial charge on any atom is 0.253 e. The van der Waals surface area contributed by atoms with E-state index in [1.807, 2.05) is 42.7 Å². The number of nitrogens with zero attached hydrogens (tertiary/aromatic N) is 3. The lowest BCUT2D eigenvalue weighted by Crippen LogP contribution is -2.38. The highest BCUT2D eigenvalue weighted by atomic mass is 16.3. The van der Waals surface area contributed by atoms with Gasteiger partial charge in [-0.1, -0.05) is 12.1 Å². The number of para-hydroxylation sites is 1. The summed E-state index contributed by atoms with van der Waals surface area (Å²) in [5.41, 5.74) is 3.67. The second kappa shape index (κ2) is 7.52. The molecule has 1 aliphatic heterocycles. The van der Waals surface area contributed by atoms with Gasteiger partial charge < -0.3 is 19.9 Å². The Kier molecular flexibility index (Phi) is 4.72. The third-order valence-corrected chi connectivity index (χ3v) is 5.85. The SMILES string of the molecule is O=C(NC1CC1)c1cccc2ccn(Cc3ccc(N4CCCC(O)C4)cn3)c12. The number of anilines is 1. The van der Waals surface area contributed by atoms with Crippen LogP contribution in [0.5, 0.6) is 0 Å². The molecule has 6 heteroatoms. The smallest absolute Gasteiger partial charge is 0.253 e. The van der Waals surface area contributed by atoms with Crippen molar-refractivity contribution in [2.75, 3.05) is 18.0 Å². The standard InChI is InChI=1S/C23H26N4O2/c28-20-4-2-11-26(15-20)19-9-8-18(24-13-19)14-27-12-10-16-3-1-5-21(22(16)27)23(29)25-17-6-7-17/h1,3,5,8-10,12-13,17,20,28H,2,4,6-7,11,14-15H2,(H,25,29). The Morgan fingerprint density at radius 1 is 1.17 bits per heavy atom. The van der Waals surface area contributed by atoms with Crippen molar-refractivity contribution in [3.63, 3.8) is 0 Å². The van der Waals surface area contributed by atoms with Crippen LogP contribution in [0.25, 0.3) is 10.9 Å². The van der Waals surface area contributed by atoms with Gasteiger partial charge in [-0.3, -0.25) is 9.78 Å². The summed E-state index contributed by atoms with van der Waals surface area (Å²) in [6.45, 7) is 2.24. The third-order valence-electron chi connectivity index (χ3n) is 5.85. The molecule has 1 saturated heterocycles. The molecule has 5 rings (SSSR count). The molecule has 2 fully saturated rings. The Hall–Kier alpha value is -2.86. The molecule has 150 valence electrons. The van der Waals surface area contributed by atoms with Gasteiger partial charge in [-0.2, -0.15) is 0 Å². The summed E-state index contributed by atoms with van der Waals surface area (Å²) in [5.74, 6) is 0.00464. The van der Waals surface area contributed by atoms with E-state index in [1.54, 1.807) is 0 Å². The highest BCUT2D eigenvalue weighted by molar-refractivity contribution is 6.06. The van der Waals surface area contributed by atoms with E-state index < -0.39 is 0 Å². The number of pyridine rings is 1. The van der Waals surface area contributed by atoms with Gasteiger partial charge in [-0.05, 0) is 49.9 Å². The van der Waals surface area contributed by atoms with Gasteiger partial charge in [0.05, 0.1) is 41.3 Å². The molecule has 1 atom stereocenters. The Labute approximate surface area is 170 Å². The van der Waals surface area contributed by atoms with Crippen molar-refractivity contribution in [2.45, 2.75) is 44.4 Å². The molecule has 3 aromatic rings. The number of β-amino-alcohol motifs (C(OH)–C–C–N with tert-alkyl or cyclic N) is 1. The van der Waals surface area contributed by atoms with Crippen LogP contribution in [0, 0.1) is 0 Å². The van der Waals surface area contributed by atoms with E-state index in [0.717, 1.165) is 60.1 Å². The van der Waals surface area contributed by atoms with Crippen LogP contribution in [0.4, 0.5) is 5.69 Å². The number of aliphatic hydroxyl groups excluding tert-OH is 1. The third kappa shape index (κ3) is 3.85. The predicted octanol–water partition coefficient (Wildman–Crippen LogP) is 2.94. The van der Waals surface area contributed by atoms with Crippen LogP contribution >= 0.6 is 0 Å². The molecule has 29 heavy (non-hydrogen) atoms. The molecule has 2 N–H and O–H groups in total. The van der Waals surface area contributed by atoms with E-state index >= 15 is 0 Å². The number of hydrogen-bond acceptors (Lipinski definition) is 4. The summed E-state index contributed by atoms with van der Waals surface area (Å²) in [6, 6.07) is 12.4. The van der Waals surface area contributed by atoms with Gasteiger partial charge in [0.25, 0.3) is 5.91 Å². The number of aromatic nitrogens is 2. The molecule has 1 aliphatic carbocycles. The number of rotatable bonds is 5. The van der Waals surface area contributed by atoms with E-state index in [9.17, 15) is 9.90 Å². The maximum atomic E-state index is 12.7. The van der Waals surface area contributed by atoms with Gasteiger partial charge in [0.15, 0.2) is 0 Å². The Balaban J connectivity index is 1.38. The Morgan fingerprint density at radius 3 is 2.83 bits per heavy atom. The van der Waals surface area contributed by atoms with E-state index in [4.69, 9.17) is 0 Å². The van der Waals surface area contributed by atoms with Gasteiger partial charge in [0.2, 0.25) is 0 Å². The fraction of sp³-hybridized carbons (Fsp3) is 0.391. The van der Waals surface area contributed by atoms with Gasteiger partial charge in [-0.25, -0.2) is 0 Å². The minimum Gasteiger partial charge on any atom is -0.391 e. The molecular formula is C23H26N4O2. The molecule has 0 spiro atoms. The van der Waals surface area contributed by atoms with Gasteiger partial charge >= 0.3 is 0 Å². The number of carbonyl (C=O) groups excluding carboxylic acids is 1. The number of hydrogen-bond donors (Lipinski definition) is 2. The summed E-state index contributed by atoms with van der Waals surface area (Å²) < 4.78 is 2.10. The number of aliphatic hydroxyl groups is 1. The lowest BCUT2D eigenvalue weighted by molar-refractivity contribution is 0.0952. The van der Waals surface area contributed by atoms with Gasteiger partial charge in [-0.15, -0.1) is 0 Å². The average Bonchev–Trinajstić information content (AvgIpc) is 3.46. The molecule has 2 aliphatic rings. The minimum atomic E-state index is -0.255. The lowest BCUT2D eigenvalue weighted by atomic mass is 10.1. The van der Waals surface area contributed by atoms with Crippen LogP contribution < -0.4 is 10.2 Å². The summed E-state index contributed by atoms with van der Waals surface area (Å²) >= 11 is 0. The summed E-state index contributed by atoms with van der Waals surface area (Å²) in [5, 5.41) is 14.1. The fourth-order valence-corrected chi connectivity index (χ4v) is 4.13. The van der Waals surface area contributed by atoms with Crippen LogP contribution in [0.2, 0.25) is 0 Å². The van der Waals surface area contributed by atoms with E-state index in [2.05, 4.69) is 25.8 Å². The van der Waals surface area contributed by atoms with E-state index in [0.29, 0.717) is 19.1 Å². The zero-order chi connectivity index (χ0) is 19.8. The van der Waals surface area contributed by atoms with Crippen molar-refractivity contribution in [3.05, 3.63) is 60.0 Å². The number of carbonyl (C=O) groups is 1. The van der Waals surface area contributed by atoms with Crippen molar-refractivity contribution in [1.82, 2.24) is 14.9 Å². The average molecular weight is 390 g/mol. The summed E-state index contributed by atoms with van der Waals surface area (Å²) in [6.07, 6.45) is 7.69. The van der Waals surface area contributed by atoms with Crippen molar-refractivity contribution in [1.29, 1.82) is 0 Å². The fourth-order valence-electron chi connectivity index (χ4n) is 4.13. The first-order valence-electron chi connectivity index (χ1n) is 10.4. The number of amides is 1. The van der Waals surface area contributed by atoms with Gasteiger partial charge in [0.1, 0.15) is 0 Å². The lowest BCUT2D eigenvalue weighted by Gasteiger charge is -2.31. The summed E-state index contributed by atoms with van der Waals surface area (Å²) in [7, 11) is 0. The molecule has 2 aromatic heterocycles. The largest absolute Gasteiger partial charge is 0.391 e. The first kappa shape index (κ1) is 18.2. The molecule has 6 nitrogen and oxygen atoms in total. The topological polar surface area (TPSA) is 70.4 Å². The quantitative estimate of drug-likeness (QED) is 0.703. The molecule has 3 heterocycles. The number of piperidine rings is 1. The van der Waals surface area contributed by atoms with Crippen molar-refractivity contribution < 1.29 is 9.90 Å². The normalized spacial score (nSPS) is 19.5. The highest BCUT2D eigenvalue weighted by Gasteiger charge is 2.25. The van der Waals surface area contributed by atoms with Crippen LogP contribution in [0.3, 0.4) is 0 Å². The van der Waals surface area contributed by atoms with E-state index in [-0.39, 0.29) is 12.0 Å². The van der Waals surface area contributed by atoms with Crippen molar-refractivity contribution >= 4 is 22.5 Å². The second-order valence-corrected chi connectivity index (χ2v) is 8.18. The number of fused-ring (bicyclic) bond motifs is 1. The minimum absolute atomic E-state index is 0.00464. The van der Waals surface area contributed by atoms with Crippen LogP contribution in [0.15, 0.2) is 48.8 Å². The monoisotopic (exact) mass is 390 g/mol. The van der Waals surface area contributed by atoms with Crippen molar-refractivity contribution in [2.24, 2.45) is 0 Å². The maximum absolute atomic E-state index is 12.7. The highest BCUT2D eigenvalue weighted by Crippen LogP contribution is 2.25. The van der Waals surface area contributed by atoms with Gasteiger partial charge in [0, 0.05) is 30.7 Å². The molecule has 1 amide bonds. The van der Waals surface area contributed by atoms with Crippen LogP contribution in [0.1, 0.15) is 41.7 Å². The Morgan fingerprint density at radius 2 is 2.07 bits per heavy atom. The molecular weight excluding hydrogens is 364 g/mol. The number of benzene rings is 1. The van der Waals surface area contributed by atoms with Crippen LogP contribution in [-0.4, -0.2) is 45.8 Å². The summed E-state index contributed by atoms with van der Waals surface area (Å²) in [4.78, 5) is 19.5. The number of nitrogens with one attached hydrogen (secondary N) is 1. The predicted molar refractivity (Wildman–Crippen MR) is 113 cm³/mol. The first-order chi connectivity index (χ1) is 14.2. The van der Waals surface area contributed by atoms with Crippen LogP contribution in [-0.2, 0) is 6.54 Å². The molecule has 1 aromatic carbocycles. The molecule has 1 saturated carbocycles.